The Kier molecular flexibility index (Phi) is 4.03. The Hall–Kier alpha value is -1.40. The summed E-state index contributed by atoms with van der Waals surface area (Å²) in [5.74, 6) is 0.601. The molecule has 0 aliphatic carbocycles. The number of hydrogen-bond acceptors (Lipinski definition) is 4. The molecule has 3 atom stereocenters. The second kappa shape index (κ2) is 5.93. The second-order valence-corrected chi connectivity index (χ2v) is 5.69. The SMILES string of the molecule is COC1CNC(C(=O)N2CCCC(c3ccn[nH]3)C2)C1. The number of amides is 1. The lowest BCUT2D eigenvalue weighted by molar-refractivity contribution is -0.134. The van der Waals surface area contributed by atoms with Gasteiger partial charge in [0.2, 0.25) is 5.91 Å². The molecule has 1 amide bonds. The van der Waals surface area contributed by atoms with Crippen molar-refractivity contribution in [1.82, 2.24) is 20.4 Å². The Bertz CT molecular complexity index is 448. The standard InChI is InChI=1S/C14H22N4O2/c1-20-11-7-13(15-8-11)14(19)18-6-2-3-10(9-18)12-4-5-16-17-12/h4-5,10-11,13,15H,2-3,6-9H2,1H3,(H,16,17). The number of piperidine rings is 1. The molecule has 1 aromatic heterocycles. The van der Waals surface area contributed by atoms with E-state index in [2.05, 4.69) is 15.5 Å². The van der Waals surface area contributed by atoms with Gasteiger partial charge in [0.1, 0.15) is 0 Å². The van der Waals surface area contributed by atoms with Gasteiger partial charge in [0, 0.05) is 44.6 Å². The van der Waals surface area contributed by atoms with Gasteiger partial charge in [0.15, 0.2) is 0 Å². The van der Waals surface area contributed by atoms with Crippen molar-refractivity contribution < 1.29 is 9.53 Å². The number of carbonyl (C=O) groups excluding carboxylic acids is 1. The molecule has 6 heteroatoms. The highest BCUT2D eigenvalue weighted by Crippen LogP contribution is 2.26. The van der Waals surface area contributed by atoms with Crippen LogP contribution in [0.15, 0.2) is 12.3 Å². The summed E-state index contributed by atoms with van der Waals surface area (Å²) >= 11 is 0. The number of methoxy groups -OCH3 is 1. The monoisotopic (exact) mass is 278 g/mol. The van der Waals surface area contributed by atoms with Crippen molar-refractivity contribution in [3.05, 3.63) is 18.0 Å². The van der Waals surface area contributed by atoms with Crippen molar-refractivity contribution in [2.24, 2.45) is 0 Å². The Morgan fingerprint density at radius 2 is 2.45 bits per heavy atom. The van der Waals surface area contributed by atoms with Gasteiger partial charge in [-0.05, 0) is 25.3 Å². The van der Waals surface area contributed by atoms with Crippen molar-refractivity contribution >= 4 is 5.91 Å². The predicted octanol–water partition coefficient (Wildman–Crippen LogP) is 0.493. The minimum atomic E-state index is -0.0829. The molecule has 2 fully saturated rings. The van der Waals surface area contributed by atoms with E-state index in [0.29, 0.717) is 5.92 Å². The van der Waals surface area contributed by atoms with Crippen molar-refractivity contribution in [1.29, 1.82) is 0 Å². The number of likely N-dealkylation sites (tertiary alicyclic amines) is 1. The van der Waals surface area contributed by atoms with Gasteiger partial charge in [0.25, 0.3) is 0 Å². The van der Waals surface area contributed by atoms with Crippen molar-refractivity contribution in [2.75, 3.05) is 26.7 Å². The predicted molar refractivity (Wildman–Crippen MR) is 74.3 cm³/mol. The van der Waals surface area contributed by atoms with E-state index in [4.69, 9.17) is 4.74 Å². The zero-order valence-electron chi connectivity index (χ0n) is 11.8. The third-order valence-corrected chi connectivity index (χ3v) is 4.42. The first-order valence-corrected chi connectivity index (χ1v) is 7.32. The van der Waals surface area contributed by atoms with Gasteiger partial charge in [0.05, 0.1) is 12.1 Å². The van der Waals surface area contributed by atoms with E-state index in [-0.39, 0.29) is 18.1 Å². The van der Waals surface area contributed by atoms with Crippen molar-refractivity contribution in [2.45, 2.75) is 37.3 Å². The number of nitrogens with zero attached hydrogens (tertiary/aromatic N) is 2. The van der Waals surface area contributed by atoms with Crippen LogP contribution in [0.5, 0.6) is 0 Å². The van der Waals surface area contributed by atoms with E-state index in [0.717, 1.165) is 44.6 Å². The molecule has 2 N–H and O–H groups in total. The summed E-state index contributed by atoms with van der Waals surface area (Å²) in [4.78, 5) is 14.5. The van der Waals surface area contributed by atoms with E-state index in [1.807, 2.05) is 11.0 Å². The molecule has 2 saturated heterocycles. The summed E-state index contributed by atoms with van der Waals surface area (Å²) in [7, 11) is 1.70. The van der Waals surface area contributed by atoms with E-state index in [1.54, 1.807) is 13.3 Å². The van der Waals surface area contributed by atoms with Crippen LogP contribution in [-0.4, -0.2) is 59.9 Å². The number of H-pyrrole nitrogens is 1. The summed E-state index contributed by atoms with van der Waals surface area (Å²) in [5.41, 5.74) is 1.14. The maximum absolute atomic E-state index is 12.6. The van der Waals surface area contributed by atoms with E-state index < -0.39 is 0 Å². The van der Waals surface area contributed by atoms with Gasteiger partial charge in [-0.25, -0.2) is 0 Å². The fourth-order valence-corrected chi connectivity index (χ4v) is 3.22. The highest BCUT2D eigenvalue weighted by Gasteiger charge is 2.34. The Balaban J connectivity index is 1.61. The van der Waals surface area contributed by atoms with Crippen LogP contribution in [0.3, 0.4) is 0 Å². The van der Waals surface area contributed by atoms with Gasteiger partial charge < -0.3 is 15.0 Å². The third kappa shape index (κ3) is 2.71. The number of hydrogen-bond donors (Lipinski definition) is 2. The third-order valence-electron chi connectivity index (χ3n) is 4.42. The van der Waals surface area contributed by atoms with Crippen LogP contribution >= 0.6 is 0 Å². The number of carbonyl (C=O) groups is 1. The van der Waals surface area contributed by atoms with Crippen molar-refractivity contribution in [3.63, 3.8) is 0 Å². The molecule has 110 valence electrons. The lowest BCUT2D eigenvalue weighted by Gasteiger charge is -2.33. The van der Waals surface area contributed by atoms with Crippen LogP contribution in [0.2, 0.25) is 0 Å². The quantitative estimate of drug-likeness (QED) is 0.844. The molecule has 2 aliphatic rings. The van der Waals surface area contributed by atoms with Crippen LogP contribution in [0.4, 0.5) is 0 Å². The zero-order chi connectivity index (χ0) is 13.9. The topological polar surface area (TPSA) is 70.2 Å². The number of aromatic nitrogens is 2. The molecule has 2 aliphatic heterocycles. The van der Waals surface area contributed by atoms with Gasteiger partial charge in [-0.1, -0.05) is 0 Å². The van der Waals surface area contributed by atoms with Crippen LogP contribution in [0.25, 0.3) is 0 Å². The Labute approximate surface area is 118 Å². The molecule has 0 saturated carbocycles. The fourth-order valence-electron chi connectivity index (χ4n) is 3.22. The van der Waals surface area contributed by atoms with Gasteiger partial charge in [-0.2, -0.15) is 5.10 Å². The number of rotatable bonds is 3. The van der Waals surface area contributed by atoms with E-state index in [9.17, 15) is 4.79 Å². The van der Waals surface area contributed by atoms with E-state index >= 15 is 0 Å². The van der Waals surface area contributed by atoms with Gasteiger partial charge >= 0.3 is 0 Å². The largest absolute Gasteiger partial charge is 0.380 e. The van der Waals surface area contributed by atoms with Crippen molar-refractivity contribution in [3.8, 4) is 0 Å². The molecule has 1 aromatic rings. The molecule has 0 bridgehead atoms. The summed E-state index contributed by atoms with van der Waals surface area (Å²) < 4.78 is 5.31. The molecule has 0 radical (unpaired) electrons. The minimum Gasteiger partial charge on any atom is -0.380 e. The lowest BCUT2D eigenvalue weighted by atomic mass is 9.94. The molecule has 6 nitrogen and oxygen atoms in total. The van der Waals surface area contributed by atoms with Crippen LogP contribution in [0, 0.1) is 0 Å². The fraction of sp³-hybridized carbons (Fsp3) is 0.714. The first kappa shape index (κ1) is 13.6. The molecular formula is C14H22N4O2. The smallest absolute Gasteiger partial charge is 0.239 e. The van der Waals surface area contributed by atoms with E-state index in [1.165, 1.54) is 0 Å². The second-order valence-electron chi connectivity index (χ2n) is 5.69. The molecule has 0 aromatic carbocycles. The van der Waals surface area contributed by atoms with Gasteiger partial charge in [-0.15, -0.1) is 0 Å². The molecule has 20 heavy (non-hydrogen) atoms. The molecular weight excluding hydrogens is 256 g/mol. The van der Waals surface area contributed by atoms with Crippen LogP contribution in [-0.2, 0) is 9.53 Å². The Morgan fingerprint density at radius 1 is 1.55 bits per heavy atom. The normalized spacial score (nSPS) is 30.6. The average Bonchev–Trinajstić information content (AvgIpc) is 3.17. The maximum atomic E-state index is 12.6. The molecule has 0 spiro atoms. The summed E-state index contributed by atoms with van der Waals surface area (Å²) in [5, 5.41) is 10.3. The Morgan fingerprint density at radius 3 is 3.15 bits per heavy atom. The number of ether oxygens (including phenoxy) is 1. The summed E-state index contributed by atoms with van der Waals surface area (Å²) in [6.45, 7) is 2.42. The summed E-state index contributed by atoms with van der Waals surface area (Å²) in [6, 6.07) is 1.92. The summed E-state index contributed by atoms with van der Waals surface area (Å²) in [6.07, 6.45) is 4.89. The highest BCUT2D eigenvalue weighted by molar-refractivity contribution is 5.82. The number of aromatic amines is 1. The first-order chi connectivity index (χ1) is 9.78. The lowest BCUT2D eigenvalue weighted by Crippen LogP contribution is -2.47. The molecule has 3 unspecified atom stereocenters. The van der Waals surface area contributed by atoms with Crippen LogP contribution < -0.4 is 5.32 Å². The molecule has 3 rings (SSSR count). The highest BCUT2D eigenvalue weighted by atomic mass is 16.5. The number of nitrogens with one attached hydrogen (secondary N) is 2. The zero-order valence-corrected chi connectivity index (χ0v) is 11.8. The van der Waals surface area contributed by atoms with Crippen LogP contribution in [0.1, 0.15) is 30.9 Å². The maximum Gasteiger partial charge on any atom is 0.239 e. The van der Waals surface area contributed by atoms with Gasteiger partial charge in [-0.3, -0.25) is 9.89 Å². The first-order valence-electron chi connectivity index (χ1n) is 7.32. The average molecular weight is 278 g/mol. The molecule has 3 heterocycles. The minimum absolute atomic E-state index is 0.0829.